The third kappa shape index (κ3) is 1.74. The monoisotopic (exact) mass is 191 g/mol. The van der Waals surface area contributed by atoms with Gasteiger partial charge in [0.15, 0.2) is 0 Å². The Balaban J connectivity index is 2.09. The van der Waals surface area contributed by atoms with Crippen LogP contribution in [0.3, 0.4) is 0 Å². The second-order valence-electron chi connectivity index (χ2n) is 4.20. The first-order valence-electron chi connectivity index (χ1n) is 5.38. The molecule has 0 saturated heterocycles. The quantitative estimate of drug-likeness (QED) is 0.633. The Labute approximate surface area is 85.3 Å². The summed E-state index contributed by atoms with van der Waals surface area (Å²) in [5.41, 5.74) is 0. The van der Waals surface area contributed by atoms with E-state index in [1.807, 2.05) is 25.4 Å². The van der Waals surface area contributed by atoms with Crippen LogP contribution in [0, 0.1) is 5.92 Å². The number of nitrogens with zero attached hydrogens (tertiary/aromatic N) is 1. The lowest BCUT2D eigenvalue weighted by molar-refractivity contribution is -0.125. The average molecular weight is 191 g/mol. The maximum absolute atomic E-state index is 11.8. The van der Waals surface area contributed by atoms with Gasteiger partial charge in [0, 0.05) is 19.4 Å². The van der Waals surface area contributed by atoms with Gasteiger partial charge in [-0.1, -0.05) is 18.6 Å². The van der Waals surface area contributed by atoms with E-state index in [9.17, 15) is 4.79 Å². The van der Waals surface area contributed by atoms with Gasteiger partial charge in [0.1, 0.15) is 5.78 Å². The minimum Gasteiger partial charge on any atom is -0.373 e. The number of likely N-dealkylation sites (N-methyl/N-ethyl adjacent to an activating group) is 1. The second-order valence-corrected chi connectivity index (χ2v) is 4.20. The molecular weight excluding hydrogens is 174 g/mol. The number of hydrogen-bond acceptors (Lipinski definition) is 2. The lowest BCUT2D eigenvalue weighted by Gasteiger charge is -2.34. The first-order valence-corrected chi connectivity index (χ1v) is 5.38. The molecule has 0 N–H and O–H groups in total. The highest BCUT2D eigenvalue weighted by molar-refractivity contribution is 5.82. The van der Waals surface area contributed by atoms with Gasteiger partial charge in [0.05, 0.1) is 6.04 Å². The molecule has 1 aliphatic carbocycles. The number of carbonyl (C=O) groups is 1. The SMILES string of the molecule is CN1C=CC=CC1C1CCCCC1=O. The Hall–Kier alpha value is -1.05. The van der Waals surface area contributed by atoms with E-state index in [2.05, 4.69) is 11.0 Å². The molecule has 0 spiro atoms. The molecule has 0 radical (unpaired) electrons. The van der Waals surface area contributed by atoms with Crippen molar-refractivity contribution in [2.24, 2.45) is 5.92 Å². The van der Waals surface area contributed by atoms with Crippen LogP contribution in [0.25, 0.3) is 0 Å². The third-order valence-corrected chi connectivity index (χ3v) is 3.22. The van der Waals surface area contributed by atoms with E-state index in [4.69, 9.17) is 0 Å². The van der Waals surface area contributed by atoms with Crippen molar-refractivity contribution in [1.82, 2.24) is 4.90 Å². The van der Waals surface area contributed by atoms with Crippen molar-refractivity contribution in [2.75, 3.05) is 7.05 Å². The van der Waals surface area contributed by atoms with E-state index < -0.39 is 0 Å². The fraction of sp³-hybridized carbons (Fsp3) is 0.583. The van der Waals surface area contributed by atoms with Crippen molar-refractivity contribution in [1.29, 1.82) is 0 Å². The Morgan fingerprint density at radius 2 is 2.21 bits per heavy atom. The van der Waals surface area contributed by atoms with Gasteiger partial charge in [-0.05, 0) is 25.1 Å². The van der Waals surface area contributed by atoms with Gasteiger partial charge in [-0.3, -0.25) is 4.79 Å². The van der Waals surface area contributed by atoms with E-state index in [1.54, 1.807) is 0 Å². The van der Waals surface area contributed by atoms with Gasteiger partial charge in [-0.15, -0.1) is 0 Å². The first kappa shape index (κ1) is 9.50. The van der Waals surface area contributed by atoms with Crippen LogP contribution in [0.4, 0.5) is 0 Å². The summed E-state index contributed by atoms with van der Waals surface area (Å²) < 4.78 is 0. The number of allylic oxidation sites excluding steroid dienone is 2. The van der Waals surface area contributed by atoms with Crippen molar-refractivity contribution >= 4 is 5.78 Å². The van der Waals surface area contributed by atoms with Gasteiger partial charge in [-0.2, -0.15) is 0 Å². The molecule has 1 fully saturated rings. The molecule has 0 aromatic rings. The standard InChI is InChI=1S/C12H17NO/c1-13-9-5-4-7-11(13)10-6-2-3-8-12(10)14/h4-5,7,9-11H,2-3,6,8H2,1H3. The smallest absolute Gasteiger partial charge is 0.138 e. The highest BCUT2D eigenvalue weighted by Gasteiger charge is 2.30. The Morgan fingerprint density at radius 3 is 2.93 bits per heavy atom. The summed E-state index contributed by atoms with van der Waals surface area (Å²) in [5.74, 6) is 0.683. The number of rotatable bonds is 1. The van der Waals surface area contributed by atoms with Crippen LogP contribution in [0.5, 0.6) is 0 Å². The maximum atomic E-state index is 11.8. The molecule has 2 aliphatic rings. The predicted molar refractivity (Wildman–Crippen MR) is 56.8 cm³/mol. The third-order valence-electron chi connectivity index (χ3n) is 3.22. The molecule has 0 aromatic carbocycles. The summed E-state index contributed by atoms with van der Waals surface area (Å²) in [6.07, 6.45) is 12.4. The summed E-state index contributed by atoms with van der Waals surface area (Å²) in [5, 5.41) is 0. The van der Waals surface area contributed by atoms with Gasteiger partial charge in [0.2, 0.25) is 0 Å². The van der Waals surface area contributed by atoms with Crippen LogP contribution in [0.15, 0.2) is 24.4 Å². The van der Waals surface area contributed by atoms with Crippen LogP contribution < -0.4 is 0 Å². The molecule has 1 aliphatic heterocycles. The number of ketones is 1. The average Bonchev–Trinajstić information content (AvgIpc) is 2.20. The lowest BCUT2D eigenvalue weighted by atomic mass is 9.81. The van der Waals surface area contributed by atoms with E-state index in [-0.39, 0.29) is 5.92 Å². The van der Waals surface area contributed by atoms with E-state index in [1.165, 1.54) is 6.42 Å². The molecule has 0 bridgehead atoms. The van der Waals surface area contributed by atoms with Crippen molar-refractivity contribution in [3.05, 3.63) is 24.4 Å². The summed E-state index contributed by atoms with van der Waals surface area (Å²) in [6.45, 7) is 0. The minimum absolute atomic E-state index is 0.231. The van der Waals surface area contributed by atoms with Crippen LogP contribution in [-0.2, 0) is 4.79 Å². The molecule has 1 heterocycles. The molecular formula is C12H17NO. The zero-order chi connectivity index (χ0) is 9.97. The summed E-state index contributed by atoms with van der Waals surface area (Å²) in [4.78, 5) is 13.9. The molecule has 14 heavy (non-hydrogen) atoms. The highest BCUT2D eigenvalue weighted by atomic mass is 16.1. The molecule has 2 rings (SSSR count). The molecule has 76 valence electrons. The van der Waals surface area contributed by atoms with Gasteiger partial charge < -0.3 is 4.90 Å². The van der Waals surface area contributed by atoms with Gasteiger partial charge in [0.25, 0.3) is 0 Å². The zero-order valence-corrected chi connectivity index (χ0v) is 8.65. The van der Waals surface area contributed by atoms with Crippen molar-refractivity contribution in [3.63, 3.8) is 0 Å². The Morgan fingerprint density at radius 1 is 1.36 bits per heavy atom. The molecule has 2 unspecified atom stereocenters. The van der Waals surface area contributed by atoms with Gasteiger partial charge >= 0.3 is 0 Å². The fourth-order valence-corrected chi connectivity index (χ4v) is 2.39. The predicted octanol–water partition coefficient (Wildman–Crippen LogP) is 2.13. The lowest BCUT2D eigenvalue weighted by Crippen LogP contribution is -2.39. The van der Waals surface area contributed by atoms with Crippen LogP contribution >= 0.6 is 0 Å². The van der Waals surface area contributed by atoms with Gasteiger partial charge in [-0.25, -0.2) is 0 Å². The number of hydrogen-bond donors (Lipinski definition) is 0. The highest BCUT2D eigenvalue weighted by Crippen LogP contribution is 2.27. The van der Waals surface area contributed by atoms with Crippen molar-refractivity contribution in [3.8, 4) is 0 Å². The Bertz CT molecular complexity index is 280. The summed E-state index contributed by atoms with van der Waals surface area (Å²) in [7, 11) is 2.05. The fourth-order valence-electron chi connectivity index (χ4n) is 2.39. The van der Waals surface area contributed by atoms with Crippen molar-refractivity contribution in [2.45, 2.75) is 31.7 Å². The maximum Gasteiger partial charge on any atom is 0.138 e. The van der Waals surface area contributed by atoms with Crippen LogP contribution in [-0.4, -0.2) is 23.8 Å². The largest absolute Gasteiger partial charge is 0.373 e. The summed E-state index contributed by atoms with van der Waals surface area (Å²) >= 11 is 0. The van der Waals surface area contributed by atoms with E-state index >= 15 is 0 Å². The minimum atomic E-state index is 0.231. The molecule has 0 amide bonds. The topological polar surface area (TPSA) is 20.3 Å². The number of Topliss-reactive ketones (excluding diaryl/α,β-unsaturated/α-hetero) is 1. The molecule has 1 saturated carbocycles. The second kappa shape index (κ2) is 3.99. The van der Waals surface area contributed by atoms with E-state index in [0.717, 1.165) is 19.3 Å². The zero-order valence-electron chi connectivity index (χ0n) is 8.65. The normalized spacial score (nSPS) is 32.4. The Kier molecular flexibility index (Phi) is 2.71. The first-order chi connectivity index (χ1) is 6.79. The van der Waals surface area contributed by atoms with Crippen molar-refractivity contribution < 1.29 is 4.79 Å². The van der Waals surface area contributed by atoms with Crippen LogP contribution in [0.1, 0.15) is 25.7 Å². The molecule has 2 nitrogen and oxygen atoms in total. The van der Waals surface area contributed by atoms with E-state index in [0.29, 0.717) is 11.8 Å². The molecule has 0 aromatic heterocycles. The molecule has 2 heteroatoms. The van der Waals surface area contributed by atoms with Crippen LogP contribution in [0.2, 0.25) is 0 Å². The molecule has 2 atom stereocenters. The summed E-state index contributed by atoms with van der Waals surface area (Å²) in [6, 6.07) is 0.299. The number of carbonyl (C=O) groups excluding carboxylic acids is 1.